The molecule has 25 heavy (non-hydrogen) atoms. The number of halogens is 2. The van der Waals surface area contributed by atoms with Gasteiger partial charge >= 0.3 is 0 Å². The summed E-state index contributed by atoms with van der Waals surface area (Å²) >= 11 is 6.08. The molecular weight excluding hydrogens is 453 g/mol. The Morgan fingerprint density at radius 2 is 2.12 bits per heavy atom. The van der Waals surface area contributed by atoms with Crippen molar-refractivity contribution in [1.29, 1.82) is 0 Å². The smallest absolute Gasteiger partial charge is 0.191 e. The van der Waals surface area contributed by atoms with E-state index in [-0.39, 0.29) is 35.6 Å². The lowest BCUT2D eigenvalue weighted by Crippen LogP contribution is -2.44. The summed E-state index contributed by atoms with van der Waals surface area (Å²) in [6.07, 6.45) is 1.74. The number of hydrogen-bond acceptors (Lipinski definition) is 3. The number of methoxy groups -OCH3 is 1. The van der Waals surface area contributed by atoms with Crippen LogP contribution in [0.1, 0.15) is 38.3 Å². The van der Waals surface area contributed by atoms with Crippen LogP contribution in [0.15, 0.2) is 29.3 Å². The van der Waals surface area contributed by atoms with Crippen LogP contribution in [-0.2, 0) is 9.47 Å². The zero-order chi connectivity index (χ0) is 17.4. The second kappa shape index (κ2) is 11.2. The van der Waals surface area contributed by atoms with Gasteiger partial charge < -0.3 is 20.1 Å². The number of ether oxygens (including phenoxy) is 2. The standard InChI is InChI=1S/C18H28ClN3O2.HI/c1-4-20-17(21-13-18(23-3)8-10-24-11-9-18)22-14(2)15-6-5-7-16(19)12-15;/h5-7,12,14H,4,8-11,13H2,1-3H3,(H2,20,21,22);1H. The van der Waals surface area contributed by atoms with Gasteiger partial charge in [0.25, 0.3) is 0 Å². The highest BCUT2D eigenvalue weighted by Crippen LogP contribution is 2.25. The highest BCUT2D eigenvalue weighted by atomic mass is 127. The molecule has 0 saturated carbocycles. The molecule has 0 aromatic heterocycles. The monoisotopic (exact) mass is 481 g/mol. The Kier molecular flexibility index (Phi) is 10.1. The molecule has 2 rings (SSSR count). The van der Waals surface area contributed by atoms with Gasteiger partial charge in [-0.25, -0.2) is 0 Å². The van der Waals surface area contributed by atoms with Crippen molar-refractivity contribution in [3.05, 3.63) is 34.9 Å². The lowest BCUT2D eigenvalue weighted by atomic mass is 9.94. The largest absolute Gasteiger partial charge is 0.381 e. The molecule has 0 spiro atoms. The summed E-state index contributed by atoms with van der Waals surface area (Å²) in [6.45, 7) is 7.03. The highest BCUT2D eigenvalue weighted by molar-refractivity contribution is 14.0. The van der Waals surface area contributed by atoms with Crippen LogP contribution in [0, 0.1) is 0 Å². The summed E-state index contributed by atoms with van der Waals surface area (Å²) in [7, 11) is 1.76. The van der Waals surface area contributed by atoms with Gasteiger partial charge in [0, 0.05) is 44.7 Å². The number of nitrogens with zero attached hydrogens (tertiary/aromatic N) is 1. The average Bonchev–Trinajstić information content (AvgIpc) is 2.60. The van der Waals surface area contributed by atoms with Crippen molar-refractivity contribution in [1.82, 2.24) is 10.6 Å². The predicted octanol–water partition coefficient (Wildman–Crippen LogP) is 3.77. The van der Waals surface area contributed by atoms with Gasteiger partial charge in [0.1, 0.15) is 0 Å². The lowest BCUT2D eigenvalue weighted by molar-refractivity contribution is -0.0828. The molecule has 0 bridgehead atoms. The van der Waals surface area contributed by atoms with E-state index in [1.807, 2.05) is 18.2 Å². The van der Waals surface area contributed by atoms with Crippen molar-refractivity contribution in [2.75, 3.05) is 33.4 Å². The third kappa shape index (κ3) is 6.92. The Morgan fingerprint density at radius 1 is 1.40 bits per heavy atom. The fourth-order valence-electron chi connectivity index (χ4n) is 2.78. The second-order valence-electron chi connectivity index (χ2n) is 6.12. The number of rotatable bonds is 6. The van der Waals surface area contributed by atoms with E-state index in [1.165, 1.54) is 0 Å². The summed E-state index contributed by atoms with van der Waals surface area (Å²) in [5, 5.41) is 7.47. The number of benzene rings is 1. The Hall–Kier alpha value is -0.570. The second-order valence-corrected chi connectivity index (χ2v) is 6.55. The number of aliphatic imine (C=N–C) groups is 1. The molecule has 1 fully saturated rings. The van der Waals surface area contributed by atoms with E-state index in [0.717, 1.165) is 49.1 Å². The van der Waals surface area contributed by atoms with Gasteiger partial charge in [-0.2, -0.15) is 0 Å². The normalized spacial score (nSPS) is 18.2. The predicted molar refractivity (Wildman–Crippen MR) is 114 cm³/mol. The number of nitrogens with one attached hydrogen (secondary N) is 2. The number of guanidine groups is 1. The van der Waals surface area contributed by atoms with E-state index in [1.54, 1.807) is 7.11 Å². The van der Waals surface area contributed by atoms with Gasteiger partial charge in [-0.3, -0.25) is 4.99 Å². The molecule has 1 atom stereocenters. The van der Waals surface area contributed by atoms with Crippen LogP contribution in [0.25, 0.3) is 0 Å². The van der Waals surface area contributed by atoms with E-state index < -0.39 is 0 Å². The average molecular weight is 482 g/mol. The van der Waals surface area contributed by atoms with E-state index >= 15 is 0 Å². The minimum atomic E-state index is -0.222. The third-order valence-corrected chi connectivity index (χ3v) is 4.64. The van der Waals surface area contributed by atoms with Gasteiger partial charge in [-0.15, -0.1) is 24.0 Å². The van der Waals surface area contributed by atoms with Crippen molar-refractivity contribution in [3.63, 3.8) is 0 Å². The minimum absolute atomic E-state index is 0. The maximum absolute atomic E-state index is 6.08. The molecule has 0 aliphatic carbocycles. The lowest BCUT2D eigenvalue weighted by Gasteiger charge is -2.34. The van der Waals surface area contributed by atoms with E-state index in [4.69, 9.17) is 26.1 Å². The van der Waals surface area contributed by atoms with Gasteiger partial charge in [-0.05, 0) is 31.5 Å². The SMILES string of the molecule is CCNC(=NCC1(OC)CCOCC1)NC(C)c1cccc(Cl)c1.I. The zero-order valence-electron chi connectivity index (χ0n) is 15.2. The van der Waals surface area contributed by atoms with Gasteiger partial charge in [-0.1, -0.05) is 23.7 Å². The number of hydrogen-bond donors (Lipinski definition) is 2. The van der Waals surface area contributed by atoms with Crippen molar-refractivity contribution >= 4 is 41.5 Å². The molecule has 1 saturated heterocycles. The van der Waals surface area contributed by atoms with Crippen molar-refractivity contribution < 1.29 is 9.47 Å². The van der Waals surface area contributed by atoms with Crippen molar-refractivity contribution in [3.8, 4) is 0 Å². The van der Waals surface area contributed by atoms with Crippen LogP contribution >= 0.6 is 35.6 Å². The van der Waals surface area contributed by atoms with E-state index in [0.29, 0.717) is 6.54 Å². The first-order chi connectivity index (χ1) is 11.6. The third-order valence-electron chi connectivity index (χ3n) is 4.41. The van der Waals surface area contributed by atoms with Crippen LogP contribution in [-0.4, -0.2) is 45.0 Å². The molecule has 1 unspecified atom stereocenters. The Balaban J connectivity index is 0.00000312. The van der Waals surface area contributed by atoms with Crippen LogP contribution < -0.4 is 10.6 Å². The van der Waals surface area contributed by atoms with Gasteiger partial charge in [0.15, 0.2) is 5.96 Å². The molecule has 0 radical (unpaired) electrons. The summed E-state index contributed by atoms with van der Waals surface area (Å²) in [5.74, 6) is 0.785. The summed E-state index contributed by atoms with van der Waals surface area (Å²) < 4.78 is 11.2. The van der Waals surface area contributed by atoms with Crippen molar-refractivity contribution in [2.45, 2.75) is 38.3 Å². The first-order valence-corrected chi connectivity index (χ1v) is 8.89. The zero-order valence-corrected chi connectivity index (χ0v) is 18.3. The Bertz CT molecular complexity index is 551. The molecule has 7 heteroatoms. The Morgan fingerprint density at radius 3 is 2.72 bits per heavy atom. The fourth-order valence-corrected chi connectivity index (χ4v) is 2.98. The molecule has 1 aromatic rings. The topological polar surface area (TPSA) is 54.9 Å². The molecule has 0 amide bonds. The minimum Gasteiger partial charge on any atom is -0.381 e. The van der Waals surface area contributed by atoms with Crippen molar-refractivity contribution in [2.24, 2.45) is 4.99 Å². The van der Waals surface area contributed by atoms with Gasteiger partial charge in [0.2, 0.25) is 0 Å². The fraction of sp³-hybridized carbons (Fsp3) is 0.611. The summed E-state index contributed by atoms with van der Waals surface area (Å²) in [6, 6.07) is 7.97. The van der Waals surface area contributed by atoms with Crippen LogP contribution in [0.3, 0.4) is 0 Å². The first kappa shape index (κ1) is 22.5. The summed E-state index contributed by atoms with van der Waals surface area (Å²) in [4.78, 5) is 4.75. The molecule has 5 nitrogen and oxygen atoms in total. The molecule has 1 heterocycles. The van der Waals surface area contributed by atoms with E-state index in [2.05, 4.69) is 30.5 Å². The maximum Gasteiger partial charge on any atom is 0.191 e. The summed E-state index contributed by atoms with van der Waals surface area (Å²) in [5.41, 5.74) is 0.903. The molecule has 1 aliphatic heterocycles. The molecule has 142 valence electrons. The van der Waals surface area contributed by atoms with Crippen LogP contribution in [0.4, 0.5) is 0 Å². The molecule has 1 aliphatic rings. The van der Waals surface area contributed by atoms with Crippen LogP contribution in [0.2, 0.25) is 5.02 Å². The molecule has 2 N–H and O–H groups in total. The first-order valence-electron chi connectivity index (χ1n) is 8.52. The van der Waals surface area contributed by atoms with Crippen LogP contribution in [0.5, 0.6) is 0 Å². The highest BCUT2D eigenvalue weighted by Gasteiger charge is 2.32. The molecule has 1 aromatic carbocycles. The maximum atomic E-state index is 6.08. The van der Waals surface area contributed by atoms with E-state index in [9.17, 15) is 0 Å². The van der Waals surface area contributed by atoms with Gasteiger partial charge in [0.05, 0.1) is 18.2 Å². The molecular formula is C18H29ClIN3O2. The Labute approximate surface area is 172 Å². The quantitative estimate of drug-likeness (QED) is 0.369.